The van der Waals surface area contributed by atoms with Crippen molar-refractivity contribution in [2.24, 2.45) is 0 Å². The Bertz CT molecular complexity index is 623. The molecule has 5 nitrogen and oxygen atoms in total. The molecule has 0 N–H and O–H groups in total. The number of carbonyl (C=O) groups is 1. The van der Waals surface area contributed by atoms with Crippen LogP contribution in [0.15, 0.2) is 48.5 Å². The molecule has 0 aromatic heterocycles. The second-order valence-electron chi connectivity index (χ2n) is 3.96. The van der Waals surface area contributed by atoms with E-state index in [1.54, 1.807) is 37.3 Å². The minimum atomic E-state index is -0.490. The van der Waals surface area contributed by atoms with E-state index in [1.165, 1.54) is 18.2 Å². The lowest BCUT2D eigenvalue weighted by molar-refractivity contribution is -0.384. The predicted octanol–water partition coefficient (Wildman–Crippen LogP) is 3.12. The number of ether oxygens (including phenoxy) is 1. The number of non-ortho nitro benzene ring substituents is 1. The third-order valence-electron chi connectivity index (χ3n) is 2.58. The van der Waals surface area contributed by atoms with Crippen molar-refractivity contribution in [3.8, 4) is 5.75 Å². The summed E-state index contributed by atoms with van der Waals surface area (Å²) in [7, 11) is 0. The van der Waals surface area contributed by atoms with Crippen molar-refractivity contribution in [2.45, 2.75) is 6.92 Å². The molecule has 0 spiro atoms. The molecule has 0 unspecified atom stereocenters. The fourth-order valence-electron chi connectivity index (χ4n) is 1.59. The Morgan fingerprint density at radius 2 is 1.84 bits per heavy atom. The van der Waals surface area contributed by atoms with E-state index >= 15 is 0 Å². The summed E-state index contributed by atoms with van der Waals surface area (Å²) in [5, 5.41) is 10.6. The smallest absolute Gasteiger partial charge is 0.343 e. The van der Waals surface area contributed by atoms with E-state index in [1.807, 2.05) is 0 Å². The van der Waals surface area contributed by atoms with Gasteiger partial charge in [-0.3, -0.25) is 10.1 Å². The standard InChI is InChI=1S/C14H11NO4/c1-10-9-12(15(17)18)7-8-13(10)19-14(16)11-5-3-2-4-6-11/h2-9H,1H3. The van der Waals surface area contributed by atoms with E-state index in [4.69, 9.17) is 4.74 Å². The molecular formula is C14H11NO4. The van der Waals surface area contributed by atoms with Crippen molar-refractivity contribution in [3.05, 3.63) is 69.8 Å². The molecule has 0 aliphatic heterocycles. The van der Waals surface area contributed by atoms with E-state index < -0.39 is 10.9 Å². The Hall–Kier alpha value is -2.69. The largest absolute Gasteiger partial charge is 0.423 e. The number of aryl methyl sites for hydroxylation is 1. The lowest BCUT2D eigenvalue weighted by Crippen LogP contribution is -2.09. The van der Waals surface area contributed by atoms with Gasteiger partial charge in [-0.2, -0.15) is 0 Å². The summed E-state index contributed by atoms with van der Waals surface area (Å²) in [6.45, 7) is 1.65. The Balaban J connectivity index is 2.20. The number of nitrogens with zero attached hydrogens (tertiary/aromatic N) is 1. The monoisotopic (exact) mass is 257 g/mol. The van der Waals surface area contributed by atoms with Crippen molar-refractivity contribution in [3.63, 3.8) is 0 Å². The van der Waals surface area contributed by atoms with Crippen LogP contribution in [0.2, 0.25) is 0 Å². The van der Waals surface area contributed by atoms with Crippen molar-refractivity contribution >= 4 is 11.7 Å². The molecule has 96 valence electrons. The number of hydrogen-bond donors (Lipinski definition) is 0. The minimum Gasteiger partial charge on any atom is -0.423 e. The number of benzene rings is 2. The van der Waals surface area contributed by atoms with E-state index in [0.29, 0.717) is 16.9 Å². The molecule has 0 heterocycles. The van der Waals surface area contributed by atoms with E-state index in [9.17, 15) is 14.9 Å². The second kappa shape index (κ2) is 5.30. The maximum absolute atomic E-state index is 11.8. The molecule has 0 amide bonds. The molecular weight excluding hydrogens is 246 g/mol. The van der Waals surface area contributed by atoms with E-state index in [-0.39, 0.29) is 5.69 Å². The maximum Gasteiger partial charge on any atom is 0.343 e. The van der Waals surface area contributed by atoms with Crippen LogP contribution in [0.1, 0.15) is 15.9 Å². The average Bonchev–Trinajstić information content (AvgIpc) is 2.41. The number of rotatable bonds is 3. The molecule has 2 rings (SSSR count). The van der Waals surface area contributed by atoms with Crippen molar-refractivity contribution in [1.82, 2.24) is 0 Å². The van der Waals surface area contributed by atoms with Gasteiger partial charge in [0.15, 0.2) is 0 Å². The summed E-state index contributed by atoms with van der Waals surface area (Å²) in [5.74, 6) is -0.169. The fraction of sp³-hybridized carbons (Fsp3) is 0.0714. The van der Waals surface area contributed by atoms with Crippen molar-refractivity contribution in [1.29, 1.82) is 0 Å². The van der Waals surface area contributed by atoms with Crippen LogP contribution in [0.25, 0.3) is 0 Å². The molecule has 0 aliphatic carbocycles. The van der Waals surface area contributed by atoms with Gasteiger partial charge in [0.25, 0.3) is 5.69 Å². The molecule has 0 radical (unpaired) electrons. The van der Waals surface area contributed by atoms with Gasteiger partial charge in [0, 0.05) is 12.1 Å². The highest BCUT2D eigenvalue weighted by Gasteiger charge is 2.13. The van der Waals surface area contributed by atoms with Gasteiger partial charge >= 0.3 is 5.97 Å². The van der Waals surface area contributed by atoms with Gasteiger partial charge in [-0.15, -0.1) is 0 Å². The predicted molar refractivity (Wildman–Crippen MR) is 69.2 cm³/mol. The number of nitro groups is 1. The fourth-order valence-corrected chi connectivity index (χ4v) is 1.59. The first-order valence-corrected chi connectivity index (χ1v) is 5.60. The van der Waals surface area contributed by atoms with Gasteiger partial charge in [-0.05, 0) is 30.7 Å². The van der Waals surface area contributed by atoms with Crippen LogP contribution in [-0.4, -0.2) is 10.9 Å². The molecule has 2 aromatic rings. The van der Waals surface area contributed by atoms with Gasteiger partial charge in [-0.25, -0.2) is 4.79 Å². The summed E-state index contributed by atoms with van der Waals surface area (Å²) in [5.41, 5.74) is 0.941. The number of hydrogen-bond acceptors (Lipinski definition) is 4. The molecule has 0 bridgehead atoms. The van der Waals surface area contributed by atoms with Crippen molar-refractivity contribution in [2.75, 3.05) is 0 Å². The third-order valence-corrected chi connectivity index (χ3v) is 2.58. The van der Waals surface area contributed by atoms with E-state index in [2.05, 4.69) is 0 Å². The highest BCUT2D eigenvalue weighted by atomic mass is 16.6. The topological polar surface area (TPSA) is 69.4 Å². The minimum absolute atomic E-state index is 0.0305. The lowest BCUT2D eigenvalue weighted by atomic mass is 10.2. The highest BCUT2D eigenvalue weighted by molar-refractivity contribution is 5.91. The first-order valence-electron chi connectivity index (χ1n) is 5.60. The Labute approximate surface area is 109 Å². The van der Waals surface area contributed by atoms with Crippen LogP contribution in [-0.2, 0) is 0 Å². The Morgan fingerprint density at radius 1 is 1.16 bits per heavy atom. The summed E-state index contributed by atoms with van der Waals surface area (Å²) >= 11 is 0. The zero-order chi connectivity index (χ0) is 13.8. The second-order valence-corrected chi connectivity index (χ2v) is 3.96. The van der Waals surface area contributed by atoms with Gasteiger partial charge < -0.3 is 4.74 Å². The summed E-state index contributed by atoms with van der Waals surface area (Å²) < 4.78 is 5.20. The number of carbonyl (C=O) groups excluding carboxylic acids is 1. The van der Waals surface area contributed by atoms with Crippen LogP contribution in [0.5, 0.6) is 5.75 Å². The number of esters is 1. The summed E-state index contributed by atoms with van der Waals surface area (Å²) in [6.07, 6.45) is 0. The molecule has 0 atom stereocenters. The zero-order valence-corrected chi connectivity index (χ0v) is 10.2. The van der Waals surface area contributed by atoms with Crippen molar-refractivity contribution < 1.29 is 14.5 Å². The molecule has 0 saturated carbocycles. The zero-order valence-electron chi connectivity index (χ0n) is 10.2. The van der Waals surface area contributed by atoms with Crippen LogP contribution < -0.4 is 4.74 Å². The van der Waals surface area contributed by atoms with Crippen LogP contribution >= 0.6 is 0 Å². The maximum atomic E-state index is 11.8. The molecule has 0 fully saturated rings. The van der Waals surface area contributed by atoms with Crippen LogP contribution in [0.3, 0.4) is 0 Å². The Morgan fingerprint density at radius 3 is 2.42 bits per heavy atom. The van der Waals surface area contributed by atoms with Gasteiger partial charge in [-0.1, -0.05) is 18.2 Å². The van der Waals surface area contributed by atoms with Gasteiger partial charge in [0.2, 0.25) is 0 Å². The summed E-state index contributed by atoms with van der Waals surface area (Å²) in [4.78, 5) is 21.9. The summed E-state index contributed by atoms with van der Waals surface area (Å²) in [6, 6.07) is 12.7. The molecule has 5 heteroatoms. The normalized spacial score (nSPS) is 9.95. The SMILES string of the molecule is Cc1cc([N+](=O)[O-])ccc1OC(=O)c1ccccc1. The van der Waals surface area contributed by atoms with Crippen LogP contribution in [0, 0.1) is 17.0 Å². The average molecular weight is 257 g/mol. The molecule has 2 aromatic carbocycles. The first kappa shape index (κ1) is 12.8. The molecule has 0 aliphatic rings. The number of nitro benzene ring substituents is 1. The molecule has 0 saturated heterocycles. The van der Waals surface area contributed by atoms with Gasteiger partial charge in [0.05, 0.1) is 10.5 Å². The van der Waals surface area contributed by atoms with Gasteiger partial charge in [0.1, 0.15) is 5.75 Å². The highest BCUT2D eigenvalue weighted by Crippen LogP contribution is 2.24. The third kappa shape index (κ3) is 2.95. The molecule has 19 heavy (non-hydrogen) atoms. The van der Waals surface area contributed by atoms with E-state index in [0.717, 1.165) is 0 Å². The lowest BCUT2D eigenvalue weighted by Gasteiger charge is -2.06. The van der Waals surface area contributed by atoms with Crippen LogP contribution in [0.4, 0.5) is 5.69 Å². The Kier molecular flexibility index (Phi) is 3.56. The quantitative estimate of drug-likeness (QED) is 0.366. The first-order chi connectivity index (χ1) is 9.08.